The van der Waals surface area contributed by atoms with E-state index in [0.717, 1.165) is 19.3 Å². The number of carbonyl (C=O) groups is 3. The second kappa shape index (κ2) is 12.0. The number of carbonyl (C=O) groups excluding carboxylic acids is 2. The topological polar surface area (TPSA) is 91.7 Å². The maximum absolute atomic E-state index is 12.1. The third-order valence-electron chi connectivity index (χ3n) is 4.96. The minimum atomic E-state index is -0.797. The summed E-state index contributed by atoms with van der Waals surface area (Å²) in [6.45, 7) is 2.10. The molecule has 3 atom stereocenters. The number of Topliss-reactive ketones (excluding diaryl/α,β-unsaturated/α-hetero) is 2. The third kappa shape index (κ3) is 8.43. The van der Waals surface area contributed by atoms with Crippen LogP contribution in [0.3, 0.4) is 0 Å². The second-order valence-electron chi connectivity index (χ2n) is 7.04. The van der Waals surface area contributed by atoms with Crippen molar-refractivity contribution >= 4 is 17.5 Å². The maximum Gasteiger partial charge on any atom is 0.303 e. The van der Waals surface area contributed by atoms with E-state index in [-0.39, 0.29) is 36.2 Å². The predicted molar refractivity (Wildman–Crippen MR) is 96.2 cm³/mol. The van der Waals surface area contributed by atoms with Gasteiger partial charge in [0.2, 0.25) is 0 Å². The van der Waals surface area contributed by atoms with Crippen LogP contribution in [-0.2, 0) is 14.4 Å². The van der Waals surface area contributed by atoms with Gasteiger partial charge in [-0.1, -0.05) is 31.9 Å². The standard InChI is InChI=1S/C20H32O5/c1-2-3-6-9-15(21)12-13-17-16(18(22)14-19(17)23)10-7-4-5-8-11-20(24)25/h4,7,16-18,22H,2-3,5-6,8-14H2,1H3,(H,24,25)/b7-4+/t16-,17?,18+/m1/s1. The molecule has 1 aliphatic rings. The fourth-order valence-corrected chi connectivity index (χ4v) is 3.47. The van der Waals surface area contributed by atoms with E-state index in [1.807, 2.05) is 12.2 Å². The number of rotatable bonds is 13. The lowest BCUT2D eigenvalue weighted by atomic mass is 9.86. The largest absolute Gasteiger partial charge is 0.481 e. The van der Waals surface area contributed by atoms with Gasteiger partial charge in [-0.25, -0.2) is 0 Å². The molecule has 1 rings (SSSR count). The number of allylic oxidation sites excluding steroid dienone is 2. The molecule has 2 N–H and O–H groups in total. The Morgan fingerprint density at radius 2 is 1.88 bits per heavy atom. The van der Waals surface area contributed by atoms with Gasteiger partial charge in [0.1, 0.15) is 11.6 Å². The van der Waals surface area contributed by atoms with E-state index in [1.54, 1.807) is 0 Å². The minimum absolute atomic E-state index is 0.0677. The molecule has 1 unspecified atom stereocenters. The van der Waals surface area contributed by atoms with E-state index in [2.05, 4.69) is 6.92 Å². The molecule has 0 saturated heterocycles. The van der Waals surface area contributed by atoms with Crippen LogP contribution in [0.1, 0.15) is 77.6 Å². The summed E-state index contributed by atoms with van der Waals surface area (Å²) in [5, 5.41) is 18.7. The van der Waals surface area contributed by atoms with Crippen LogP contribution in [-0.4, -0.2) is 33.9 Å². The van der Waals surface area contributed by atoms with Gasteiger partial charge in [0.15, 0.2) is 0 Å². The van der Waals surface area contributed by atoms with Gasteiger partial charge in [-0.05, 0) is 38.0 Å². The molecule has 0 bridgehead atoms. The Morgan fingerprint density at radius 1 is 1.12 bits per heavy atom. The zero-order valence-electron chi connectivity index (χ0n) is 15.3. The fourth-order valence-electron chi connectivity index (χ4n) is 3.47. The van der Waals surface area contributed by atoms with Crippen LogP contribution in [0.2, 0.25) is 0 Å². The van der Waals surface area contributed by atoms with Crippen LogP contribution in [0.25, 0.3) is 0 Å². The van der Waals surface area contributed by atoms with Crippen LogP contribution < -0.4 is 0 Å². The Kier molecular flexibility index (Phi) is 10.3. The molecule has 142 valence electrons. The number of aliphatic hydroxyl groups is 1. The number of hydrogen-bond acceptors (Lipinski definition) is 4. The molecule has 5 nitrogen and oxygen atoms in total. The number of carboxylic acids is 1. The van der Waals surface area contributed by atoms with Crippen molar-refractivity contribution in [3.63, 3.8) is 0 Å². The highest BCUT2D eigenvalue weighted by molar-refractivity contribution is 5.85. The zero-order chi connectivity index (χ0) is 18.7. The summed E-state index contributed by atoms with van der Waals surface area (Å²) in [5.41, 5.74) is 0. The van der Waals surface area contributed by atoms with Crippen LogP contribution in [0.5, 0.6) is 0 Å². The lowest BCUT2D eigenvalue weighted by molar-refractivity contribution is -0.137. The van der Waals surface area contributed by atoms with Gasteiger partial charge in [0, 0.05) is 31.6 Å². The number of aliphatic carboxylic acids is 1. The smallest absolute Gasteiger partial charge is 0.303 e. The summed E-state index contributed by atoms with van der Waals surface area (Å²) in [6.07, 6.45) is 10.1. The van der Waals surface area contributed by atoms with E-state index in [9.17, 15) is 19.5 Å². The number of unbranched alkanes of at least 4 members (excludes halogenated alkanes) is 3. The van der Waals surface area contributed by atoms with E-state index < -0.39 is 12.1 Å². The van der Waals surface area contributed by atoms with Gasteiger partial charge in [-0.15, -0.1) is 0 Å². The average molecular weight is 352 g/mol. The average Bonchev–Trinajstić information content (AvgIpc) is 2.82. The number of ketones is 2. The van der Waals surface area contributed by atoms with Crippen LogP contribution >= 0.6 is 0 Å². The SMILES string of the molecule is CCCCCC(=O)CCC1C(=O)C[C@H](O)[C@@H]1C/C=C/CCCC(=O)O. The lowest BCUT2D eigenvalue weighted by Gasteiger charge is -2.19. The normalized spacial score (nSPS) is 23.4. The molecular weight excluding hydrogens is 320 g/mol. The molecular formula is C20H32O5. The number of carboxylic acid groups (broad SMARTS) is 1. The molecule has 0 aromatic carbocycles. The molecule has 0 aromatic rings. The summed E-state index contributed by atoms with van der Waals surface area (Å²) in [5.74, 6) is -0.863. The Hall–Kier alpha value is -1.49. The van der Waals surface area contributed by atoms with E-state index >= 15 is 0 Å². The Balaban J connectivity index is 2.39. The van der Waals surface area contributed by atoms with Crippen molar-refractivity contribution in [2.75, 3.05) is 0 Å². The summed E-state index contributed by atoms with van der Waals surface area (Å²) in [4.78, 5) is 34.5. The number of hydrogen-bond donors (Lipinski definition) is 2. The van der Waals surface area contributed by atoms with Crippen LogP contribution in [0.15, 0.2) is 12.2 Å². The third-order valence-corrected chi connectivity index (χ3v) is 4.96. The first-order valence-corrected chi connectivity index (χ1v) is 9.55. The predicted octanol–water partition coefficient (Wildman–Crippen LogP) is 3.68. The quantitative estimate of drug-likeness (QED) is 0.390. The highest BCUT2D eigenvalue weighted by Gasteiger charge is 2.40. The molecule has 25 heavy (non-hydrogen) atoms. The molecule has 0 radical (unpaired) electrons. The van der Waals surface area contributed by atoms with Gasteiger partial charge in [0.25, 0.3) is 0 Å². The van der Waals surface area contributed by atoms with Crippen LogP contribution in [0, 0.1) is 11.8 Å². The first-order valence-electron chi connectivity index (χ1n) is 9.55. The van der Waals surface area contributed by atoms with E-state index in [4.69, 9.17) is 5.11 Å². The maximum atomic E-state index is 12.1. The molecule has 0 amide bonds. The molecule has 0 aliphatic heterocycles. The van der Waals surface area contributed by atoms with Gasteiger partial charge in [-0.2, -0.15) is 0 Å². The molecule has 0 spiro atoms. The van der Waals surface area contributed by atoms with Crippen molar-refractivity contribution in [3.05, 3.63) is 12.2 Å². The fraction of sp³-hybridized carbons (Fsp3) is 0.750. The van der Waals surface area contributed by atoms with E-state index in [1.165, 1.54) is 0 Å². The summed E-state index contributed by atoms with van der Waals surface area (Å²) in [6, 6.07) is 0. The Labute approximate surface area is 150 Å². The Bertz CT molecular complexity index is 469. The molecule has 1 saturated carbocycles. The zero-order valence-corrected chi connectivity index (χ0v) is 15.3. The summed E-state index contributed by atoms with van der Waals surface area (Å²) < 4.78 is 0. The molecule has 1 aliphatic carbocycles. The van der Waals surface area contributed by atoms with Crippen molar-refractivity contribution in [2.24, 2.45) is 11.8 Å². The molecule has 0 aromatic heterocycles. The molecule has 5 heteroatoms. The highest BCUT2D eigenvalue weighted by Crippen LogP contribution is 2.35. The summed E-state index contributed by atoms with van der Waals surface area (Å²) in [7, 11) is 0. The number of aliphatic hydroxyl groups excluding tert-OH is 1. The van der Waals surface area contributed by atoms with Gasteiger partial charge in [0.05, 0.1) is 6.10 Å². The van der Waals surface area contributed by atoms with Crippen molar-refractivity contribution in [3.8, 4) is 0 Å². The van der Waals surface area contributed by atoms with Gasteiger partial charge < -0.3 is 10.2 Å². The first-order chi connectivity index (χ1) is 12.0. The van der Waals surface area contributed by atoms with Gasteiger partial charge in [-0.3, -0.25) is 14.4 Å². The van der Waals surface area contributed by atoms with Crippen LogP contribution in [0.4, 0.5) is 0 Å². The Morgan fingerprint density at radius 3 is 2.56 bits per heavy atom. The molecule has 0 heterocycles. The minimum Gasteiger partial charge on any atom is -0.481 e. The van der Waals surface area contributed by atoms with Crippen molar-refractivity contribution < 1.29 is 24.6 Å². The van der Waals surface area contributed by atoms with Gasteiger partial charge >= 0.3 is 5.97 Å². The van der Waals surface area contributed by atoms with Crippen molar-refractivity contribution in [2.45, 2.75) is 83.7 Å². The second-order valence-corrected chi connectivity index (χ2v) is 7.04. The van der Waals surface area contributed by atoms with Crippen molar-refractivity contribution in [1.29, 1.82) is 0 Å². The molecule has 1 fully saturated rings. The highest BCUT2D eigenvalue weighted by atomic mass is 16.4. The van der Waals surface area contributed by atoms with E-state index in [0.29, 0.717) is 38.5 Å². The lowest BCUT2D eigenvalue weighted by Crippen LogP contribution is -2.21. The first kappa shape index (κ1) is 21.6. The summed E-state index contributed by atoms with van der Waals surface area (Å²) >= 11 is 0. The monoisotopic (exact) mass is 352 g/mol. The van der Waals surface area contributed by atoms with Crippen molar-refractivity contribution in [1.82, 2.24) is 0 Å².